The van der Waals surface area contributed by atoms with Crippen molar-refractivity contribution in [1.82, 2.24) is 14.9 Å². The number of methoxy groups -OCH3 is 1. The summed E-state index contributed by atoms with van der Waals surface area (Å²) in [5.74, 6) is 1.38. The third-order valence-corrected chi connectivity index (χ3v) is 3.69. The molecule has 126 valence electrons. The molecule has 0 aliphatic heterocycles. The van der Waals surface area contributed by atoms with Gasteiger partial charge in [-0.3, -0.25) is 0 Å². The van der Waals surface area contributed by atoms with Gasteiger partial charge >= 0.3 is 0 Å². The Morgan fingerprint density at radius 1 is 1.30 bits per heavy atom. The Balaban J connectivity index is 1.86. The van der Waals surface area contributed by atoms with E-state index in [4.69, 9.17) is 21.1 Å². The number of nitrogens with zero attached hydrogens (tertiary/aromatic N) is 2. The van der Waals surface area contributed by atoms with Crippen molar-refractivity contribution in [3.05, 3.63) is 41.4 Å². The lowest BCUT2D eigenvalue weighted by Gasteiger charge is -2.16. The number of hydrogen-bond donors (Lipinski definition) is 1. The number of aromatic nitrogens is 2. The number of benzene rings is 1. The highest BCUT2D eigenvalue weighted by Gasteiger charge is 2.11. The number of rotatable bonds is 9. The van der Waals surface area contributed by atoms with E-state index < -0.39 is 0 Å². The van der Waals surface area contributed by atoms with Crippen LogP contribution >= 0.6 is 11.6 Å². The van der Waals surface area contributed by atoms with E-state index in [9.17, 15) is 0 Å². The average Bonchev–Trinajstić information content (AvgIpc) is 3.01. The molecular formula is C17H24ClN3O2. The van der Waals surface area contributed by atoms with Crippen LogP contribution in [0.25, 0.3) is 0 Å². The molecule has 1 N–H and O–H groups in total. The van der Waals surface area contributed by atoms with Crippen LogP contribution in [0.2, 0.25) is 5.02 Å². The van der Waals surface area contributed by atoms with Gasteiger partial charge in [0.25, 0.3) is 0 Å². The van der Waals surface area contributed by atoms with E-state index >= 15 is 0 Å². The van der Waals surface area contributed by atoms with Crippen LogP contribution in [0, 0.1) is 0 Å². The van der Waals surface area contributed by atoms with Crippen LogP contribution < -0.4 is 14.8 Å². The van der Waals surface area contributed by atoms with Crippen LogP contribution in [0.3, 0.4) is 0 Å². The zero-order chi connectivity index (χ0) is 16.7. The maximum absolute atomic E-state index is 6.35. The highest BCUT2D eigenvalue weighted by atomic mass is 35.5. The summed E-state index contributed by atoms with van der Waals surface area (Å²) in [7, 11) is 1.64. The van der Waals surface area contributed by atoms with Crippen LogP contribution in [-0.2, 0) is 13.1 Å². The Morgan fingerprint density at radius 3 is 2.78 bits per heavy atom. The molecule has 1 aromatic heterocycles. The standard InChI is InChI=1S/C17H24ClN3O2/c1-13(2)23-17-10-15(18)14(9-16(17)22-3)11-19-5-4-7-21-8-6-20-12-21/h6,8-10,12-13,19H,4-5,7,11H2,1-3H3. The summed E-state index contributed by atoms with van der Waals surface area (Å²) in [5, 5.41) is 4.09. The summed E-state index contributed by atoms with van der Waals surface area (Å²) in [4.78, 5) is 4.03. The van der Waals surface area contributed by atoms with Gasteiger partial charge in [0.05, 0.1) is 19.5 Å². The Labute approximate surface area is 142 Å². The Morgan fingerprint density at radius 2 is 2.13 bits per heavy atom. The zero-order valence-electron chi connectivity index (χ0n) is 13.9. The predicted molar refractivity (Wildman–Crippen MR) is 92.3 cm³/mol. The van der Waals surface area contributed by atoms with Crippen molar-refractivity contribution < 1.29 is 9.47 Å². The first kappa shape index (κ1) is 17.6. The summed E-state index contributed by atoms with van der Waals surface area (Å²) in [5.41, 5.74) is 1.00. The topological polar surface area (TPSA) is 48.3 Å². The van der Waals surface area contributed by atoms with Gasteiger partial charge in [-0.2, -0.15) is 0 Å². The van der Waals surface area contributed by atoms with E-state index in [0.717, 1.165) is 25.1 Å². The highest BCUT2D eigenvalue weighted by molar-refractivity contribution is 6.31. The molecule has 0 spiro atoms. The number of hydrogen-bond acceptors (Lipinski definition) is 4. The Bertz CT molecular complexity index is 600. The van der Waals surface area contributed by atoms with E-state index in [0.29, 0.717) is 23.1 Å². The Hall–Kier alpha value is -1.72. The number of imidazole rings is 1. The zero-order valence-corrected chi connectivity index (χ0v) is 14.6. The third kappa shape index (κ3) is 5.44. The summed E-state index contributed by atoms with van der Waals surface area (Å²) in [6.07, 6.45) is 6.69. The molecule has 2 aromatic rings. The van der Waals surface area contributed by atoms with E-state index in [1.165, 1.54) is 0 Å². The number of ether oxygens (including phenoxy) is 2. The van der Waals surface area contributed by atoms with Crippen molar-refractivity contribution in [3.63, 3.8) is 0 Å². The maximum atomic E-state index is 6.35. The number of nitrogens with one attached hydrogen (secondary N) is 1. The van der Waals surface area contributed by atoms with Crippen LogP contribution in [0.15, 0.2) is 30.9 Å². The summed E-state index contributed by atoms with van der Waals surface area (Å²) < 4.78 is 13.2. The van der Waals surface area contributed by atoms with Gasteiger partial charge in [0.15, 0.2) is 11.5 Å². The minimum atomic E-state index is 0.0760. The van der Waals surface area contributed by atoms with Gasteiger partial charge in [-0.05, 0) is 38.4 Å². The second kappa shape index (κ2) is 8.79. The maximum Gasteiger partial charge on any atom is 0.163 e. The summed E-state index contributed by atoms with van der Waals surface area (Å²) in [6.45, 7) is 6.50. The molecule has 0 unspecified atom stereocenters. The minimum Gasteiger partial charge on any atom is -0.493 e. The van der Waals surface area contributed by atoms with E-state index in [-0.39, 0.29) is 6.10 Å². The monoisotopic (exact) mass is 337 g/mol. The van der Waals surface area contributed by atoms with E-state index in [1.807, 2.05) is 38.5 Å². The molecule has 0 radical (unpaired) electrons. The smallest absolute Gasteiger partial charge is 0.163 e. The molecule has 23 heavy (non-hydrogen) atoms. The fourth-order valence-corrected chi connectivity index (χ4v) is 2.47. The van der Waals surface area contributed by atoms with E-state index in [2.05, 4.69) is 14.9 Å². The van der Waals surface area contributed by atoms with Gasteiger partial charge < -0.3 is 19.4 Å². The first-order valence-corrected chi connectivity index (χ1v) is 8.17. The van der Waals surface area contributed by atoms with Gasteiger partial charge in [-0.25, -0.2) is 4.98 Å². The van der Waals surface area contributed by atoms with Gasteiger partial charge in [-0.15, -0.1) is 0 Å². The summed E-state index contributed by atoms with van der Waals surface area (Å²) >= 11 is 6.35. The van der Waals surface area contributed by atoms with Gasteiger partial charge in [0.2, 0.25) is 0 Å². The normalized spacial score (nSPS) is 11.0. The number of aryl methyl sites for hydroxylation is 1. The lowest BCUT2D eigenvalue weighted by molar-refractivity contribution is 0.230. The van der Waals surface area contributed by atoms with Crippen molar-refractivity contribution in [1.29, 1.82) is 0 Å². The fraction of sp³-hybridized carbons (Fsp3) is 0.471. The minimum absolute atomic E-state index is 0.0760. The van der Waals surface area contributed by atoms with Crippen molar-refractivity contribution in [2.24, 2.45) is 0 Å². The molecule has 0 aliphatic carbocycles. The van der Waals surface area contributed by atoms with Crippen molar-refractivity contribution >= 4 is 11.6 Å². The van der Waals surface area contributed by atoms with Crippen molar-refractivity contribution in [3.8, 4) is 11.5 Å². The molecular weight excluding hydrogens is 314 g/mol. The molecule has 1 aromatic carbocycles. The second-order valence-corrected chi connectivity index (χ2v) is 6.00. The summed E-state index contributed by atoms with van der Waals surface area (Å²) in [6, 6.07) is 3.76. The molecule has 0 aliphatic rings. The first-order chi connectivity index (χ1) is 11.1. The van der Waals surface area contributed by atoms with Crippen LogP contribution in [-0.4, -0.2) is 29.3 Å². The molecule has 0 saturated carbocycles. The lowest BCUT2D eigenvalue weighted by atomic mass is 10.2. The first-order valence-electron chi connectivity index (χ1n) is 7.79. The molecule has 6 heteroatoms. The third-order valence-electron chi connectivity index (χ3n) is 3.34. The SMILES string of the molecule is COc1cc(CNCCCn2ccnc2)c(Cl)cc1OC(C)C. The van der Waals surface area contributed by atoms with Crippen LogP contribution in [0.4, 0.5) is 0 Å². The molecule has 0 fully saturated rings. The Kier molecular flexibility index (Phi) is 6.74. The van der Waals surface area contributed by atoms with Gasteiger partial charge in [0.1, 0.15) is 0 Å². The molecule has 0 bridgehead atoms. The lowest BCUT2D eigenvalue weighted by Crippen LogP contribution is -2.17. The van der Waals surface area contributed by atoms with Crippen LogP contribution in [0.1, 0.15) is 25.8 Å². The molecule has 0 atom stereocenters. The molecule has 2 rings (SSSR count). The van der Waals surface area contributed by atoms with Crippen LogP contribution in [0.5, 0.6) is 11.5 Å². The van der Waals surface area contributed by atoms with Gasteiger partial charge in [0, 0.05) is 36.6 Å². The number of halogens is 1. The van der Waals surface area contributed by atoms with Crippen molar-refractivity contribution in [2.45, 2.75) is 39.5 Å². The quantitative estimate of drug-likeness (QED) is 0.711. The largest absolute Gasteiger partial charge is 0.493 e. The highest BCUT2D eigenvalue weighted by Crippen LogP contribution is 2.34. The molecule has 0 saturated heterocycles. The second-order valence-electron chi connectivity index (χ2n) is 5.59. The average molecular weight is 338 g/mol. The van der Waals surface area contributed by atoms with Crippen molar-refractivity contribution in [2.75, 3.05) is 13.7 Å². The predicted octanol–water partition coefficient (Wildman–Crippen LogP) is 3.51. The molecule has 1 heterocycles. The fourth-order valence-electron chi connectivity index (χ4n) is 2.25. The molecule has 5 nitrogen and oxygen atoms in total. The molecule has 0 amide bonds. The van der Waals surface area contributed by atoms with E-state index in [1.54, 1.807) is 13.3 Å². The van der Waals surface area contributed by atoms with Gasteiger partial charge in [-0.1, -0.05) is 11.6 Å².